The molecule has 0 fully saturated rings. The first-order valence-corrected chi connectivity index (χ1v) is 7.01. The van der Waals surface area contributed by atoms with Crippen LogP contribution in [0.4, 0.5) is 5.95 Å². The molecular formula is C8H15N3O3Si. The number of amides is 1. The Hall–Kier alpha value is -1.18. The van der Waals surface area contributed by atoms with Gasteiger partial charge in [-0.2, -0.15) is 0 Å². The summed E-state index contributed by atoms with van der Waals surface area (Å²) in [4.78, 5) is 18.2. The van der Waals surface area contributed by atoms with Crippen LogP contribution in [0.15, 0.2) is 12.4 Å². The summed E-state index contributed by atoms with van der Waals surface area (Å²) in [5.74, 6) is 0.270. The van der Waals surface area contributed by atoms with Gasteiger partial charge in [0.25, 0.3) is 0 Å². The van der Waals surface area contributed by atoms with Gasteiger partial charge >= 0.3 is 8.56 Å². The summed E-state index contributed by atoms with van der Waals surface area (Å²) in [5, 5.41) is 2.62. The Morgan fingerprint density at radius 3 is 2.73 bits per heavy atom. The van der Waals surface area contributed by atoms with Crippen molar-refractivity contribution in [3.63, 3.8) is 0 Å². The van der Waals surface area contributed by atoms with E-state index in [1.807, 2.05) is 6.55 Å². The number of anilines is 1. The Kier molecular flexibility index (Phi) is 4.01. The van der Waals surface area contributed by atoms with Gasteiger partial charge in [0, 0.05) is 26.6 Å². The first-order valence-electron chi connectivity index (χ1n) is 4.49. The maximum absolute atomic E-state index is 11.5. The zero-order chi connectivity index (χ0) is 11.3. The van der Waals surface area contributed by atoms with E-state index in [1.54, 1.807) is 26.6 Å². The van der Waals surface area contributed by atoms with Gasteiger partial charge in [0.2, 0.25) is 11.9 Å². The summed E-state index contributed by atoms with van der Waals surface area (Å²) >= 11 is 0. The van der Waals surface area contributed by atoms with Crippen molar-refractivity contribution in [2.45, 2.75) is 12.6 Å². The average Bonchev–Trinajstić information content (AvgIpc) is 2.70. The van der Waals surface area contributed by atoms with Gasteiger partial charge in [-0.15, -0.1) is 0 Å². The molecule has 0 atom stereocenters. The number of H-pyrrole nitrogens is 1. The highest BCUT2D eigenvalue weighted by atomic mass is 28.4. The van der Waals surface area contributed by atoms with Crippen LogP contribution in [-0.4, -0.2) is 38.7 Å². The summed E-state index contributed by atoms with van der Waals surface area (Å²) in [5.41, 5.74) is 0. The molecule has 7 heteroatoms. The molecule has 1 aromatic rings. The van der Waals surface area contributed by atoms with Gasteiger partial charge in [-0.3, -0.25) is 10.1 Å². The number of carbonyl (C=O) groups excluding carboxylic acids is 1. The van der Waals surface area contributed by atoms with Crippen LogP contribution in [-0.2, 0) is 13.6 Å². The monoisotopic (exact) mass is 229 g/mol. The van der Waals surface area contributed by atoms with Gasteiger partial charge in [-0.05, 0) is 6.55 Å². The fourth-order valence-electron chi connectivity index (χ4n) is 1.03. The maximum Gasteiger partial charge on any atom is 0.343 e. The van der Waals surface area contributed by atoms with Gasteiger partial charge < -0.3 is 13.8 Å². The van der Waals surface area contributed by atoms with E-state index in [9.17, 15) is 4.79 Å². The quantitative estimate of drug-likeness (QED) is 0.729. The Morgan fingerprint density at radius 2 is 2.27 bits per heavy atom. The fraction of sp³-hybridized carbons (Fsp3) is 0.500. The van der Waals surface area contributed by atoms with E-state index >= 15 is 0 Å². The third-order valence-corrected chi connectivity index (χ3v) is 4.79. The van der Waals surface area contributed by atoms with Crippen molar-refractivity contribution in [1.82, 2.24) is 9.97 Å². The molecule has 0 aromatic carbocycles. The SMILES string of the molecule is CO[Si](C)(CC(=O)Nc1ncc[nH]1)OC. The van der Waals surface area contributed by atoms with Gasteiger partial charge in [-0.25, -0.2) is 4.98 Å². The van der Waals surface area contributed by atoms with E-state index < -0.39 is 8.56 Å². The number of aromatic amines is 1. The second-order valence-corrected chi connectivity index (χ2v) is 6.64. The number of hydrogen-bond donors (Lipinski definition) is 2. The molecule has 0 aliphatic carbocycles. The minimum absolute atomic E-state index is 0.164. The van der Waals surface area contributed by atoms with Crippen molar-refractivity contribution in [2.24, 2.45) is 0 Å². The van der Waals surface area contributed by atoms with Crippen molar-refractivity contribution in [3.8, 4) is 0 Å². The van der Waals surface area contributed by atoms with Crippen LogP contribution >= 0.6 is 0 Å². The van der Waals surface area contributed by atoms with Crippen LogP contribution in [0, 0.1) is 0 Å². The van der Waals surface area contributed by atoms with Crippen molar-refractivity contribution in [2.75, 3.05) is 19.5 Å². The lowest BCUT2D eigenvalue weighted by molar-refractivity contribution is -0.114. The number of carbonyl (C=O) groups is 1. The summed E-state index contributed by atoms with van der Waals surface area (Å²) in [6.45, 7) is 1.83. The molecule has 0 aliphatic heterocycles. The van der Waals surface area contributed by atoms with Crippen molar-refractivity contribution >= 4 is 20.4 Å². The molecule has 0 saturated heterocycles. The first-order chi connectivity index (χ1) is 7.09. The molecule has 0 bridgehead atoms. The van der Waals surface area contributed by atoms with Crippen molar-refractivity contribution in [3.05, 3.63) is 12.4 Å². The molecule has 0 unspecified atom stereocenters. The largest absolute Gasteiger partial charge is 0.397 e. The predicted molar refractivity (Wildman–Crippen MR) is 57.7 cm³/mol. The molecule has 15 heavy (non-hydrogen) atoms. The zero-order valence-electron chi connectivity index (χ0n) is 9.03. The summed E-state index contributed by atoms with van der Waals surface area (Å²) in [6.07, 6.45) is 3.21. The topological polar surface area (TPSA) is 76.2 Å². The van der Waals surface area contributed by atoms with E-state index in [-0.39, 0.29) is 12.0 Å². The highest BCUT2D eigenvalue weighted by molar-refractivity contribution is 6.69. The van der Waals surface area contributed by atoms with Gasteiger partial charge in [0.1, 0.15) is 0 Å². The third-order valence-electron chi connectivity index (χ3n) is 2.10. The van der Waals surface area contributed by atoms with Crippen LogP contribution in [0.25, 0.3) is 0 Å². The number of aromatic nitrogens is 2. The predicted octanol–water partition coefficient (Wildman–Crippen LogP) is 0.713. The standard InChI is InChI=1S/C8H15N3O3Si/c1-13-15(3,14-2)6-7(12)11-8-9-4-5-10-8/h4-5H,6H2,1-3H3,(H2,9,10,11,12). The summed E-state index contributed by atoms with van der Waals surface area (Å²) in [6, 6.07) is 0.237. The fourth-order valence-corrected chi connectivity index (χ4v) is 2.16. The van der Waals surface area contributed by atoms with Crippen LogP contribution < -0.4 is 5.32 Å². The van der Waals surface area contributed by atoms with E-state index in [1.165, 1.54) is 0 Å². The minimum atomic E-state index is -2.35. The first kappa shape index (κ1) is 11.9. The third kappa shape index (κ3) is 3.46. The molecule has 2 N–H and O–H groups in total. The Labute approximate surface area is 89.3 Å². The van der Waals surface area contributed by atoms with E-state index in [0.29, 0.717) is 5.95 Å². The molecule has 0 saturated carbocycles. The van der Waals surface area contributed by atoms with Gasteiger partial charge in [0.05, 0.1) is 6.04 Å². The average molecular weight is 229 g/mol. The Balaban J connectivity index is 2.49. The van der Waals surface area contributed by atoms with Crippen LogP contribution in [0.2, 0.25) is 12.6 Å². The lowest BCUT2D eigenvalue weighted by Crippen LogP contribution is -2.40. The van der Waals surface area contributed by atoms with Crippen LogP contribution in [0.5, 0.6) is 0 Å². The molecule has 0 radical (unpaired) electrons. The van der Waals surface area contributed by atoms with E-state index in [4.69, 9.17) is 8.85 Å². The van der Waals surface area contributed by atoms with Gasteiger partial charge in [0.15, 0.2) is 0 Å². The van der Waals surface area contributed by atoms with Crippen LogP contribution in [0.3, 0.4) is 0 Å². The molecule has 0 aliphatic rings. The second-order valence-electron chi connectivity index (χ2n) is 3.20. The summed E-state index contributed by atoms with van der Waals surface area (Å²) < 4.78 is 10.4. The van der Waals surface area contributed by atoms with Crippen molar-refractivity contribution < 1.29 is 13.6 Å². The molecule has 84 valence electrons. The number of hydrogen-bond acceptors (Lipinski definition) is 4. The maximum atomic E-state index is 11.5. The van der Waals surface area contributed by atoms with Crippen LogP contribution in [0.1, 0.15) is 0 Å². The molecule has 6 nitrogen and oxygen atoms in total. The summed E-state index contributed by atoms with van der Waals surface area (Å²) in [7, 11) is 0.755. The Morgan fingerprint density at radius 1 is 1.60 bits per heavy atom. The molecule has 1 amide bonds. The number of imidazole rings is 1. The highest BCUT2D eigenvalue weighted by Gasteiger charge is 2.32. The molecular weight excluding hydrogens is 214 g/mol. The molecule has 1 aromatic heterocycles. The number of nitrogens with zero attached hydrogens (tertiary/aromatic N) is 1. The number of nitrogens with one attached hydrogen (secondary N) is 2. The second kappa shape index (κ2) is 5.05. The van der Waals surface area contributed by atoms with E-state index in [0.717, 1.165) is 0 Å². The van der Waals surface area contributed by atoms with E-state index in [2.05, 4.69) is 15.3 Å². The lowest BCUT2D eigenvalue weighted by atomic mass is 10.7. The molecule has 1 heterocycles. The van der Waals surface area contributed by atoms with Crippen molar-refractivity contribution in [1.29, 1.82) is 0 Å². The lowest BCUT2D eigenvalue weighted by Gasteiger charge is -2.21. The van der Waals surface area contributed by atoms with Gasteiger partial charge in [-0.1, -0.05) is 0 Å². The Bertz CT molecular complexity index is 311. The molecule has 1 rings (SSSR count). The normalized spacial score (nSPS) is 11.4. The molecule has 0 spiro atoms. The minimum Gasteiger partial charge on any atom is -0.397 e. The highest BCUT2D eigenvalue weighted by Crippen LogP contribution is 2.11. The number of rotatable bonds is 5. The smallest absolute Gasteiger partial charge is 0.343 e. The zero-order valence-corrected chi connectivity index (χ0v) is 10.0.